The molecule has 0 aliphatic heterocycles. The first-order valence-corrected chi connectivity index (χ1v) is 5.56. The molecule has 90 valence electrons. The minimum absolute atomic E-state index is 0.521. The van der Waals surface area contributed by atoms with Gasteiger partial charge in [-0.3, -0.25) is 9.67 Å². The monoisotopic (exact) mass is 224 g/mol. The third-order valence-electron chi connectivity index (χ3n) is 1.97. The molecule has 0 unspecified atom stereocenters. The molecular formula is C10H20N6. The summed E-state index contributed by atoms with van der Waals surface area (Å²) in [6, 6.07) is 0. The van der Waals surface area contributed by atoms with Crippen LogP contribution in [0.25, 0.3) is 0 Å². The van der Waals surface area contributed by atoms with Gasteiger partial charge in [-0.05, 0) is 12.3 Å². The van der Waals surface area contributed by atoms with Crippen molar-refractivity contribution < 1.29 is 0 Å². The van der Waals surface area contributed by atoms with Crippen molar-refractivity contribution >= 4 is 5.96 Å². The van der Waals surface area contributed by atoms with Gasteiger partial charge in [0.05, 0.1) is 6.20 Å². The van der Waals surface area contributed by atoms with E-state index in [1.54, 1.807) is 10.9 Å². The predicted octanol–water partition coefficient (Wildman–Crippen LogP) is 0.229. The molecule has 1 rings (SSSR count). The molecule has 1 aromatic rings. The number of nitrogens with one attached hydrogen (secondary N) is 1. The Kier molecular flexibility index (Phi) is 5.31. The molecule has 6 nitrogen and oxygen atoms in total. The first kappa shape index (κ1) is 12.5. The van der Waals surface area contributed by atoms with E-state index in [1.165, 1.54) is 0 Å². The molecular weight excluding hydrogens is 204 g/mol. The van der Waals surface area contributed by atoms with Crippen LogP contribution in [0.4, 0.5) is 0 Å². The first-order valence-electron chi connectivity index (χ1n) is 5.56. The maximum absolute atomic E-state index is 5.69. The van der Waals surface area contributed by atoms with Crippen LogP contribution in [-0.4, -0.2) is 34.0 Å². The van der Waals surface area contributed by atoms with E-state index in [0.29, 0.717) is 11.9 Å². The SMILES string of the molecule is CC(C)CN=C(N)NCCCn1ccnn1. The standard InChI is InChI=1S/C10H20N6/c1-9(2)8-13-10(11)12-4-3-6-16-7-5-14-15-16/h5,7,9H,3-4,6,8H2,1-2H3,(H3,11,12,13). The van der Waals surface area contributed by atoms with Crippen LogP contribution < -0.4 is 11.1 Å². The lowest BCUT2D eigenvalue weighted by Gasteiger charge is -2.06. The maximum atomic E-state index is 5.69. The summed E-state index contributed by atoms with van der Waals surface area (Å²) in [6.07, 6.45) is 4.46. The average molecular weight is 224 g/mol. The van der Waals surface area contributed by atoms with Crippen LogP contribution >= 0.6 is 0 Å². The van der Waals surface area contributed by atoms with Gasteiger partial charge >= 0.3 is 0 Å². The van der Waals surface area contributed by atoms with Gasteiger partial charge in [0.2, 0.25) is 0 Å². The fraction of sp³-hybridized carbons (Fsp3) is 0.700. The van der Waals surface area contributed by atoms with E-state index < -0.39 is 0 Å². The molecule has 0 aromatic carbocycles. The number of hydrogen-bond acceptors (Lipinski definition) is 3. The van der Waals surface area contributed by atoms with Crippen molar-refractivity contribution in [3.63, 3.8) is 0 Å². The van der Waals surface area contributed by atoms with Crippen molar-refractivity contribution in [2.75, 3.05) is 13.1 Å². The lowest BCUT2D eigenvalue weighted by atomic mass is 10.2. The minimum atomic E-state index is 0.521. The second kappa shape index (κ2) is 6.81. The van der Waals surface area contributed by atoms with E-state index in [2.05, 4.69) is 34.5 Å². The average Bonchev–Trinajstić information content (AvgIpc) is 2.74. The summed E-state index contributed by atoms with van der Waals surface area (Å²) in [4.78, 5) is 4.21. The molecule has 0 fully saturated rings. The normalized spacial score (nSPS) is 12.1. The molecule has 0 radical (unpaired) electrons. The summed E-state index contributed by atoms with van der Waals surface area (Å²) < 4.78 is 1.79. The van der Waals surface area contributed by atoms with E-state index in [9.17, 15) is 0 Å². The summed E-state index contributed by atoms with van der Waals surface area (Å²) in [7, 11) is 0. The lowest BCUT2D eigenvalue weighted by Crippen LogP contribution is -2.33. The van der Waals surface area contributed by atoms with E-state index in [1.807, 2.05) is 6.20 Å². The molecule has 6 heteroatoms. The predicted molar refractivity (Wildman–Crippen MR) is 64.0 cm³/mol. The van der Waals surface area contributed by atoms with Gasteiger partial charge in [-0.15, -0.1) is 5.10 Å². The van der Waals surface area contributed by atoms with Crippen molar-refractivity contribution in [3.05, 3.63) is 12.4 Å². The molecule has 3 N–H and O–H groups in total. The molecule has 0 bridgehead atoms. The molecule has 0 spiro atoms. The highest BCUT2D eigenvalue weighted by Crippen LogP contribution is 1.90. The van der Waals surface area contributed by atoms with Crippen LogP contribution in [0.1, 0.15) is 20.3 Å². The molecule has 0 amide bonds. The Balaban J connectivity index is 2.08. The summed E-state index contributed by atoms with van der Waals surface area (Å²) in [5.74, 6) is 1.06. The van der Waals surface area contributed by atoms with Gasteiger partial charge in [0.25, 0.3) is 0 Å². The zero-order valence-electron chi connectivity index (χ0n) is 9.93. The number of aromatic nitrogens is 3. The number of guanidine groups is 1. The van der Waals surface area contributed by atoms with Gasteiger partial charge < -0.3 is 11.1 Å². The Morgan fingerprint density at radius 1 is 1.56 bits per heavy atom. The third kappa shape index (κ3) is 5.33. The van der Waals surface area contributed by atoms with E-state index in [4.69, 9.17) is 5.73 Å². The Hall–Kier alpha value is -1.59. The van der Waals surface area contributed by atoms with Gasteiger partial charge in [-0.2, -0.15) is 0 Å². The second-order valence-corrected chi connectivity index (χ2v) is 4.07. The number of nitrogens with two attached hydrogens (primary N) is 1. The molecule has 16 heavy (non-hydrogen) atoms. The first-order chi connectivity index (χ1) is 7.68. The second-order valence-electron chi connectivity index (χ2n) is 4.07. The van der Waals surface area contributed by atoms with E-state index in [-0.39, 0.29) is 0 Å². The number of aryl methyl sites for hydroxylation is 1. The van der Waals surface area contributed by atoms with Gasteiger partial charge in [-0.25, -0.2) is 0 Å². The van der Waals surface area contributed by atoms with Gasteiger partial charge in [-0.1, -0.05) is 19.1 Å². The molecule has 0 atom stereocenters. The molecule has 1 aromatic heterocycles. The highest BCUT2D eigenvalue weighted by atomic mass is 15.4. The van der Waals surface area contributed by atoms with Crippen LogP contribution in [-0.2, 0) is 6.54 Å². The Morgan fingerprint density at radius 2 is 2.38 bits per heavy atom. The van der Waals surface area contributed by atoms with Crippen molar-refractivity contribution in [2.24, 2.45) is 16.6 Å². The quantitative estimate of drug-likeness (QED) is 0.412. The Morgan fingerprint density at radius 3 is 3.00 bits per heavy atom. The Labute approximate surface area is 95.9 Å². The van der Waals surface area contributed by atoms with Crippen LogP contribution in [0.2, 0.25) is 0 Å². The third-order valence-corrected chi connectivity index (χ3v) is 1.97. The smallest absolute Gasteiger partial charge is 0.188 e. The van der Waals surface area contributed by atoms with Gasteiger partial charge in [0.15, 0.2) is 5.96 Å². The maximum Gasteiger partial charge on any atom is 0.188 e. The van der Waals surface area contributed by atoms with Gasteiger partial charge in [0, 0.05) is 25.8 Å². The zero-order chi connectivity index (χ0) is 11.8. The minimum Gasteiger partial charge on any atom is -0.370 e. The molecule has 0 saturated carbocycles. The number of hydrogen-bond donors (Lipinski definition) is 2. The van der Waals surface area contributed by atoms with Gasteiger partial charge in [0.1, 0.15) is 0 Å². The highest BCUT2D eigenvalue weighted by molar-refractivity contribution is 5.77. The zero-order valence-corrected chi connectivity index (χ0v) is 9.93. The van der Waals surface area contributed by atoms with Crippen LogP contribution in [0.5, 0.6) is 0 Å². The van der Waals surface area contributed by atoms with E-state index >= 15 is 0 Å². The van der Waals surface area contributed by atoms with Crippen molar-refractivity contribution in [2.45, 2.75) is 26.8 Å². The van der Waals surface area contributed by atoms with Crippen LogP contribution in [0, 0.1) is 5.92 Å². The number of aliphatic imine (C=N–C) groups is 1. The fourth-order valence-electron chi connectivity index (χ4n) is 1.15. The molecule has 0 saturated heterocycles. The summed E-state index contributed by atoms with van der Waals surface area (Å²) in [5, 5.41) is 10.7. The van der Waals surface area contributed by atoms with Crippen LogP contribution in [0.3, 0.4) is 0 Å². The number of nitrogens with zero attached hydrogens (tertiary/aromatic N) is 4. The fourth-order valence-corrected chi connectivity index (χ4v) is 1.15. The summed E-state index contributed by atoms with van der Waals surface area (Å²) in [5.41, 5.74) is 5.69. The van der Waals surface area contributed by atoms with Crippen molar-refractivity contribution in [1.82, 2.24) is 20.3 Å². The lowest BCUT2D eigenvalue weighted by molar-refractivity contribution is 0.553. The Bertz CT molecular complexity index is 303. The van der Waals surface area contributed by atoms with E-state index in [0.717, 1.165) is 26.1 Å². The van der Waals surface area contributed by atoms with Crippen molar-refractivity contribution in [3.8, 4) is 0 Å². The topological polar surface area (TPSA) is 81.1 Å². The number of rotatable bonds is 6. The molecule has 0 aliphatic carbocycles. The summed E-state index contributed by atoms with van der Waals surface area (Å²) >= 11 is 0. The molecule has 1 heterocycles. The summed E-state index contributed by atoms with van der Waals surface area (Å²) in [6.45, 7) is 6.63. The largest absolute Gasteiger partial charge is 0.370 e. The van der Waals surface area contributed by atoms with Crippen LogP contribution in [0.15, 0.2) is 17.4 Å². The van der Waals surface area contributed by atoms with Crippen molar-refractivity contribution in [1.29, 1.82) is 0 Å². The molecule has 0 aliphatic rings. The highest BCUT2D eigenvalue weighted by Gasteiger charge is 1.95.